The Bertz CT molecular complexity index is 1130. The molecule has 1 atom stereocenters. The van der Waals surface area contributed by atoms with Crippen molar-refractivity contribution < 1.29 is 9.59 Å². The van der Waals surface area contributed by atoms with E-state index in [1.807, 2.05) is 58.9 Å². The van der Waals surface area contributed by atoms with E-state index >= 15 is 0 Å². The molecular formula is C26H31N3O2S2. The maximum atomic E-state index is 12.8. The minimum Gasteiger partial charge on any atom is -0.326 e. The molecule has 0 fully saturated rings. The van der Waals surface area contributed by atoms with E-state index in [-0.39, 0.29) is 22.5 Å². The molecule has 0 aliphatic heterocycles. The van der Waals surface area contributed by atoms with E-state index in [0.717, 1.165) is 26.7 Å². The first-order valence-electron chi connectivity index (χ1n) is 10.9. The third kappa shape index (κ3) is 7.44. The highest BCUT2D eigenvalue weighted by Crippen LogP contribution is 2.32. The van der Waals surface area contributed by atoms with Gasteiger partial charge >= 0.3 is 0 Å². The average molecular weight is 482 g/mol. The number of carbonyl (C=O) groups excluding carboxylic acids is 2. The highest BCUT2D eigenvalue weighted by molar-refractivity contribution is 8.00. The van der Waals surface area contributed by atoms with Crippen molar-refractivity contribution in [2.75, 3.05) is 10.6 Å². The van der Waals surface area contributed by atoms with Gasteiger partial charge in [0.2, 0.25) is 11.8 Å². The van der Waals surface area contributed by atoms with Crippen molar-refractivity contribution in [2.24, 2.45) is 5.41 Å². The van der Waals surface area contributed by atoms with Crippen LogP contribution in [0.1, 0.15) is 44.6 Å². The summed E-state index contributed by atoms with van der Waals surface area (Å²) in [6, 6.07) is 15.8. The summed E-state index contributed by atoms with van der Waals surface area (Å²) >= 11 is 2.93. The van der Waals surface area contributed by atoms with Crippen LogP contribution in [0, 0.1) is 19.3 Å². The van der Waals surface area contributed by atoms with Gasteiger partial charge < -0.3 is 10.6 Å². The fraction of sp³-hybridized carbons (Fsp3) is 0.346. The Hall–Kier alpha value is -2.64. The van der Waals surface area contributed by atoms with Crippen LogP contribution in [0.25, 0.3) is 11.3 Å². The molecule has 0 spiro atoms. The molecule has 1 unspecified atom stereocenters. The summed E-state index contributed by atoms with van der Waals surface area (Å²) in [7, 11) is 0. The highest BCUT2D eigenvalue weighted by Gasteiger charge is 2.19. The Morgan fingerprint density at radius 2 is 1.76 bits per heavy atom. The van der Waals surface area contributed by atoms with Crippen LogP contribution in [0.5, 0.6) is 0 Å². The first-order chi connectivity index (χ1) is 15.5. The van der Waals surface area contributed by atoms with Crippen LogP contribution < -0.4 is 10.6 Å². The second-order valence-corrected chi connectivity index (χ2v) is 12.0. The number of hydrogen-bond acceptors (Lipinski definition) is 5. The molecule has 33 heavy (non-hydrogen) atoms. The van der Waals surface area contributed by atoms with Crippen LogP contribution in [0.15, 0.2) is 53.4 Å². The molecule has 1 heterocycles. The van der Waals surface area contributed by atoms with E-state index in [2.05, 4.69) is 46.8 Å². The van der Waals surface area contributed by atoms with E-state index in [1.165, 1.54) is 28.7 Å². The Labute approximate surface area is 204 Å². The number of aromatic nitrogens is 1. The molecule has 1 aromatic heterocycles. The van der Waals surface area contributed by atoms with E-state index in [4.69, 9.17) is 0 Å². The van der Waals surface area contributed by atoms with Gasteiger partial charge in [-0.1, -0.05) is 56.7 Å². The van der Waals surface area contributed by atoms with E-state index in [9.17, 15) is 9.59 Å². The standard InChI is InChI=1S/C26H31N3O2S2/c1-16-10-12-19(13-11-16)23-17(2)33-25(28-23)29-24(31)18(3)32-21-9-7-8-20(14-21)27-22(30)15-26(4,5)6/h7-14,18H,15H2,1-6H3,(H,27,30)(H,28,29,31). The van der Waals surface area contributed by atoms with Crippen molar-refractivity contribution in [1.82, 2.24) is 4.98 Å². The van der Waals surface area contributed by atoms with Gasteiger partial charge in [0.1, 0.15) is 0 Å². The van der Waals surface area contributed by atoms with E-state index in [0.29, 0.717) is 11.6 Å². The molecule has 0 saturated heterocycles. The zero-order valence-electron chi connectivity index (χ0n) is 20.0. The Kier molecular flexibility index (Phi) is 7.97. The zero-order chi connectivity index (χ0) is 24.2. The number of amides is 2. The number of anilines is 2. The summed E-state index contributed by atoms with van der Waals surface area (Å²) in [5, 5.41) is 6.18. The molecule has 0 saturated carbocycles. The molecule has 0 bridgehead atoms. The molecule has 2 aromatic carbocycles. The summed E-state index contributed by atoms with van der Waals surface area (Å²) in [6.07, 6.45) is 0.445. The number of hydrogen-bond donors (Lipinski definition) is 2. The lowest BCUT2D eigenvalue weighted by Gasteiger charge is -2.17. The molecule has 3 aromatic rings. The largest absolute Gasteiger partial charge is 0.326 e. The van der Waals surface area contributed by atoms with Gasteiger partial charge in [0.15, 0.2) is 5.13 Å². The Balaban J connectivity index is 1.62. The van der Waals surface area contributed by atoms with Crippen molar-refractivity contribution in [3.8, 4) is 11.3 Å². The van der Waals surface area contributed by atoms with Crippen LogP contribution in [0.2, 0.25) is 0 Å². The number of benzene rings is 2. The zero-order valence-corrected chi connectivity index (χ0v) is 21.6. The van der Waals surface area contributed by atoms with Gasteiger partial charge in [-0.05, 0) is 44.4 Å². The first-order valence-corrected chi connectivity index (χ1v) is 12.6. The van der Waals surface area contributed by atoms with Gasteiger partial charge in [0.05, 0.1) is 10.9 Å². The topological polar surface area (TPSA) is 71.1 Å². The SMILES string of the molecule is Cc1ccc(-c2nc(NC(=O)C(C)Sc3cccc(NC(=O)CC(C)(C)C)c3)sc2C)cc1. The van der Waals surface area contributed by atoms with Crippen molar-refractivity contribution >= 4 is 45.7 Å². The summed E-state index contributed by atoms with van der Waals surface area (Å²) in [5.74, 6) is -0.120. The van der Waals surface area contributed by atoms with Gasteiger partial charge in [-0.25, -0.2) is 4.98 Å². The molecule has 0 radical (unpaired) electrons. The van der Waals surface area contributed by atoms with E-state index in [1.54, 1.807) is 0 Å². The smallest absolute Gasteiger partial charge is 0.239 e. The second-order valence-electron chi connectivity index (χ2n) is 9.35. The van der Waals surface area contributed by atoms with Gasteiger partial charge in [0, 0.05) is 27.4 Å². The molecule has 2 N–H and O–H groups in total. The molecule has 0 aliphatic carbocycles. The predicted molar refractivity (Wildman–Crippen MR) is 140 cm³/mol. The molecule has 3 rings (SSSR count). The number of carbonyl (C=O) groups is 2. The number of nitrogens with zero attached hydrogens (tertiary/aromatic N) is 1. The number of aryl methyl sites for hydroxylation is 2. The molecule has 2 amide bonds. The molecule has 5 nitrogen and oxygen atoms in total. The van der Waals surface area contributed by atoms with Gasteiger partial charge in [0.25, 0.3) is 0 Å². The number of thiazole rings is 1. The lowest BCUT2D eigenvalue weighted by atomic mass is 9.92. The van der Waals surface area contributed by atoms with E-state index < -0.39 is 0 Å². The van der Waals surface area contributed by atoms with Gasteiger partial charge in [-0.2, -0.15) is 0 Å². The summed E-state index contributed by atoms with van der Waals surface area (Å²) in [6.45, 7) is 12.0. The molecular weight excluding hydrogens is 450 g/mol. The van der Waals surface area contributed by atoms with Crippen LogP contribution in [0.3, 0.4) is 0 Å². The van der Waals surface area contributed by atoms with Crippen molar-refractivity contribution in [2.45, 2.75) is 58.1 Å². The lowest BCUT2D eigenvalue weighted by Crippen LogP contribution is -2.22. The lowest BCUT2D eigenvalue weighted by molar-refractivity contribution is -0.118. The second kappa shape index (κ2) is 10.5. The summed E-state index contributed by atoms with van der Waals surface area (Å²) in [4.78, 5) is 31.7. The van der Waals surface area contributed by atoms with Crippen molar-refractivity contribution in [1.29, 1.82) is 0 Å². The molecule has 7 heteroatoms. The monoisotopic (exact) mass is 481 g/mol. The first kappa shape index (κ1) is 25.0. The van der Waals surface area contributed by atoms with Crippen LogP contribution >= 0.6 is 23.1 Å². The number of thioether (sulfide) groups is 1. The summed E-state index contributed by atoms with van der Waals surface area (Å²) in [5.41, 5.74) is 3.80. The number of rotatable bonds is 7. The third-order valence-corrected chi connectivity index (χ3v) is 6.82. The minimum atomic E-state index is -0.322. The number of nitrogens with one attached hydrogen (secondary N) is 2. The molecule has 0 aliphatic rings. The molecule has 174 valence electrons. The van der Waals surface area contributed by atoms with Crippen LogP contribution in [-0.2, 0) is 9.59 Å². The average Bonchev–Trinajstić information content (AvgIpc) is 3.07. The fourth-order valence-corrected chi connectivity index (χ4v) is 4.99. The summed E-state index contributed by atoms with van der Waals surface area (Å²) < 4.78 is 0. The minimum absolute atomic E-state index is 0.0149. The van der Waals surface area contributed by atoms with Crippen LogP contribution in [-0.4, -0.2) is 22.0 Å². The Morgan fingerprint density at radius 3 is 2.42 bits per heavy atom. The fourth-order valence-electron chi connectivity index (χ4n) is 3.23. The predicted octanol–water partition coefficient (Wildman–Crippen LogP) is 6.92. The van der Waals surface area contributed by atoms with Crippen molar-refractivity contribution in [3.05, 3.63) is 59.0 Å². The van der Waals surface area contributed by atoms with Gasteiger partial charge in [-0.3, -0.25) is 9.59 Å². The quantitative estimate of drug-likeness (QED) is 0.359. The third-order valence-electron chi connectivity index (χ3n) is 4.84. The maximum absolute atomic E-state index is 12.8. The van der Waals surface area contributed by atoms with Crippen LogP contribution in [0.4, 0.5) is 10.8 Å². The normalized spacial score (nSPS) is 12.3. The van der Waals surface area contributed by atoms with Crippen molar-refractivity contribution in [3.63, 3.8) is 0 Å². The van der Waals surface area contributed by atoms with Gasteiger partial charge in [-0.15, -0.1) is 23.1 Å². The highest BCUT2D eigenvalue weighted by atomic mass is 32.2. The Morgan fingerprint density at radius 1 is 1.06 bits per heavy atom. The maximum Gasteiger partial charge on any atom is 0.239 e.